The van der Waals surface area contributed by atoms with Gasteiger partial charge in [-0.1, -0.05) is 36.4 Å². The molecular formula is C23H18N2O8. The predicted molar refractivity (Wildman–Crippen MR) is 113 cm³/mol. The van der Waals surface area contributed by atoms with Gasteiger partial charge in [-0.05, 0) is 42.2 Å². The predicted octanol–water partition coefficient (Wildman–Crippen LogP) is 2.78. The molecule has 1 aromatic heterocycles. The molecule has 1 aliphatic heterocycles. The molecule has 0 bridgehead atoms. The Kier molecular flexibility index (Phi) is 6.01. The SMILES string of the molecule is O=C1OC(Oc2ccc(-c3ccccc3)c([N+](=O)[O-])c2)([C@@H](O)CCc2cccnc2)OC1=O. The molecule has 0 saturated carbocycles. The Balaban J connectivity index is 1.62. The Hall–Kier alpha value is -4.31. The van der Waals surface area contributed by atoms with Crippen LogP contribution in [-0.4, -0.2) is 39.0 Å². The summed E-state index contributed by atoms with van der Waals surface area (Å²) in [5.41, 5.74) is 1.44. The number of rotatable bonds is 8. The molecule has 168 valence electrons. The Morgan fingerprint density at radius 1 is 1.06 bits per heavy atom. The third-order valence-corrected chi connectivity index (χ3v) is 4.98. The number of aryl methyl sites for hydroxylation is 1. The number of aliphatic hydroxyl groups is 1. The number of nitro groups is 1. The smallest absolute Gasteiger partial charge is 0.418 e. The van der Waals surface area contributed by atoms with Crippen molar-refractivity contribution in [2.45, 2.75) is 24.9 Å². The highest BCUT2D eigenvalue weighted by Gasteiger charge is 2.57. The highest BCUT2D eigenvalue weighted by atomic mass is 16.9. The number of nitrogens with zero attached hydrogens (tertiary/aromatic N) is 2. The maximum Gasteiger partial charge on any atom is 0.450 e. The minimum absolute atomic E-state index is 0.0174. The van der Waals surface area contributed by atoms with Gasteiger partial charge in [0.1, 0.15) is 5.75 Å². The number of aromatic nitrogens is 1. The van der Waals surface area contributed by atoms with E-state index in [0.29, 0.717) is 17.5 Å². The van der Waals surface area contributed by atoms with Gasteiger partial charge < -0.3 is 19.3 Å². The summed E-state index contributed by atoms with van der Waals surface area (Å²) in [4.78, 5) is 38.6. The zero-order valence-electron chi connectivity index (χ0n) is 17.1. The second-order valence-electron chi connectivity index (χ2n) is 7.20. The summed E-state index contributed by atoms with van der Waals surface area (Å²) in [6.45, 7) is 0. The van der Waals surface area contributed by atoms with E-state index in [1.54, 1.807) is 54.9 Å². The van der Waals surface area contributed by atoms with E-state index in [2.05, 4.69) is 4.98 Å². The Morgan fingerprint density at radius 2 is 1.79 bits per heavy atom. The Morgan fingerprint density at radius 3 is 2.42 bits per heavy atom. The average Bonchev–Trinajstić information content (AvgIpc) is 3.12. The third kappa shape index (κ3) is 4.65. The molecule has 2 aromatic carbocycles. The lowest BCUT2D eigenvalue weighted by Crippen LogP contribution is -2.49. The maximum atomic E-state index is 11.8. The van der Waals surface area contributed by atoms with Crippen LogP contribution in [0.25, 0.3) is 11.1 Å². The first-order valence-corrected chi connectivity index (χ1v) is 9.94. The zero-order chi connectivity index (χ0) is 23.4. The molecule has 1 saturated heterocycles. The molecule has 10 heteroatoms. The summed E-state index contributed by atoms with van der Waals surface area (Å²) in [7, 11) is 0. The second-order valence-corrected chi connectivity index (χ2v) is 7.20. The van der Waals surface area contributed by atoms with Crippen LogP contribution >= 0.6 is 0 Å². The van der Waals surface area contributed by atoms with Crippen molar-refractivity contribution in [3.8, 4) is 16.9 Å². The van der Waals surface area contributed by atoms with Crippen molar-refractivity contribution >= 4 is 17.6 Å². The van der Waals surface area contributed by atoms with Gasteiger partial charge >= 0.3 is 17.9 Å². The number of pyridine rings is 1. The number of carbonyl (C=O) groups is 2. The first-order valence-electron chi connectivity index (χ1n) is 9.94. The van der Waals surface area contributed by atoms with Crippen LogP contribution in [0.5, 0.6) is 5.75 Å². The van der Waals surface area contributed by atoms with E-state index >= 15 is 0 Å². The molecule has 0 aliphatic carbocycles. The number of nitro benzene ring substituents is 1. The molecule has 3 aromatic rings. The van der Waals surface area contributed by atoms with Crippen molar-refractivity contribution in [2.24, 2.45) is 0 Å². The second kappa shape index (κ2) is 9.05. The van der Waals surface area contributed by atoms with Crippen molar-refractivity contribution < 1.29 is 33.8 Å². The zero-order valence-corrected chi connectivity index (χ0v) is 17.1. The van der Waals surface area contributed by atoms with Gasteiger partial charge in [0, 0.05) is 12.4 Å². The molecule has 33 heavy (non-hydrogen) atoms. The van der Waals surface area contributed by atoms with Gasteiger partial charge in [0.15, 0.2) is 6.10 Å². The molecule has 1 fully saturated rings. The molecule has 0 amide bonds. The number of cyclic esters (lactones) is 2. The van der Waals surface area contributed by atoms with Crippen LogP contribution in [0, 0.1) is 10.1 Å². The molecule has 10 nitrogen and oxygen atoms in total. The average molecular weight is 450 g/mol. The number of hydrogen-bond acceptors (Lipinski definition) is 9. The van der Waals surface area contributed by atoms with Crippen LogP contribution in [0.2, 0.25) is 0 Å². The molecular weight excluding hydrogens is 432 g/mol. The number of hydrogen-bond donors (Lipinski definition) is 1. The standard InChI is InChI=1S/C23H18N2O8/c26-20(11-8-15-5-4-12-24-14-15)23(32-21(27)22(28)33-23)31-17-9-10-18(19(13-17)25(29)30)16-6-2-1-3-7-16/h1-7,9-10,12-14,20,26H,8,11H2/t20-/m0/s1. The van der Waals surface area contributed by atoms with Gasteiger partial charge in [0.05, 0.1) is 16.6 Å². The van der Waals surface area contributed by atoms with E-state index < -0.39 is 28.9 Å². The van der Waals surface area contributed by atoms with Gasteiger partial charge in [-0.2, -0.15) is 0 Å². The number of benzene rings is 2. The molecule has 1 N–H and O–H groups in total. The summed E-state index contributed by atoms with van der Waals surface area (Å²) >= 11 is 0. The quantitative estimate of drug-likeness (QED) is 0.237. The number of esters is 2. The fraction of sp³-hybridized carbons (Fsp3) is 0.174. The summed E-state index contributed by atoms with van der Waals surface area (Å²) in [6, 6.07) is 16.2. The van der Waals surface area contributed by atoms with E-state index in [9.17, 15) is 24.8 Å². The Bertz CT molecular complexity index is 1170. The van der Waals surface area contributed by atoms with Crippen LogP contribution < -0.4 is 4.74 Å². The molecule has 1 atom stereocenters. The van der Waals surface area contributed by atoms with Crippen LogP contribution in [0.1, 0.15) is 12.0 Å². The first kappa shape index (κ1) is 21.9. The largest absolute Gasteiger partial charge is 0.450 e. The van der Waals surface area contributed by atoms with Crippen molar-refractivity contribution in [3.05, 3.63) is 88.7 Å². The van der Waals surface area contributed by atoms with Gasteiger partial charge in [0.25, 0.3) is 5.69 Å². The topological polar surface area (TPSA) is 138 Å². The molecule has 4 rings (SSSR count). The molecule has 0 unspecified atom stereocenters. The lowest BCUT2D eigenvalue weighted by Gasteiger charge is -2.29. The monoisotopic (exact) mass is 450 g/mol. The summed E-state index contributed by atoms with van der Waals surface area (Å²) in [6.07, 6.45) is 1.90. The molecule has 1 aliphatic rings. The molecule has 0 spiro atoms. The number of carbonyl (C=O) groups excluding carboxylic acids is 2. The summed E-state index contributed by atoms with van der Waals surface area (Å²) < 4.78 is 15.5. The number of ether oxygens (including phenoxy) is 3. The van der Waals surface area contributed by atoms with E-state index in [4.69, 9.17) is 14.2 Å². The van der Waals surface area contributed by atoms with Crippen LogP contribution in [0.4, 0.5) is 5.69 Å². The van der Waals surface area contributed by atoms with Crippen molar-refractivity contribution in [2.75, 3.05) is 0 Å². The van der Waals surface area contributed by atoms with E-state index in [-0.39, 0.29) is 17.9 Å². The highest BCUT2D eigenvalue weighted by Crippen LogP contribution is 2.37. The minimum atomic E-state index is -2.47. The summed E-state index contributed by atoms with van der Waals surface area (Å²) in [5, 5.41) is 22.4. The minimum Gasteiger partial charge on any atom is -0.418 e. The van der Waals surface area contributed by atoms with Gasteiger partial charge in [-0.3, -0.25) is 15.1 Å². The Labute approximate surface area is 187 Å². The summed E-state index contributed by atoms with van der Waals surface area (Å²) in [5.74, 6) is -5.29. The molecule has 2 heterocycles. The first-order chi connectivity index (χ1) is 15.9. The maximum absolute atomic E-state index is 11.8. The van der Waals surface area contributed by atoms with E-state index in [1.807, 2.05) is 0 Å². The van der Waals surface area contributed by atoms with Gasteiger partial charge in [0.2, 0.25) is 0 Å². The van der Waals surface area contributed by atoms with E-state index in [0.717, 1.165) is 11.6 Å². The molecule has 0 radical (unpaired) electrons. The van der Waals surface area contributed by atoms with Gasteiger partial charge in [-0.15, -0.1) is 0 Å². The van der Waals surface area contributed by atoms with Gasteiger partial charge in [-0.25, -0.2) is 9.59 Å². The fourth-order valence-corrected chi connectivity index (χ4v) is 3.39. The number of aliphatic hydroxyl groups excluding tert-OH is 1. The van der Waals surface area contributed by atoms with E-state index in [1.165, 1.54) is 12.1 Å². The van der Waals surface area contributed by atoms with Crippen molar-refractivity contribution in [1.82, 2.24) is 4.98 Å². The van der Waals surface area contributed by atoms with Crippen molar-refractivity contribution in [3.63, 3.8) is 0 Å². The van der Waals surface area contributed by atoms with Crippen molar-refractivity contribution in [1.29, 1.82) is 0 Å². The fourth-order valence-electron chi connectivity index (χ4n) is 3.39. The van der Waals surface area contributed by atoms with Crippen LogP contribution in [-0.2, 0) is 25.5 Å². The van der Waals surface area contributed by atoms with Crippen LogP contribution in [0.3, 0.4) is 0 Å². The third-order valence-electron chi connectivity index (χ3n) is 4.98. The van der Waals surface area contributed by atoms with Crippen LogP contribution in [0.15, 0.2) is 73.1 Å². The lowest BCUT2D eigenvalue weighted by atomic mass is 10.0. The normalized spacial score (nSPS) is 15.4. The highest BCUT2D eigenvalue weighted by molar-refractivity contribution is 6.31. The lowest BCUT2D eigenvalue weighted by molar-refractivity contribution is -0.384.